The van der Waals surface area contributed by atoms with Gasteiger partial charge in [-0.1, -0.05) is 49.4 Å². The highest BCUT2D eigenvalue weighted by atomic mass is 19.4. The van der Waals surface area contributed by atoms with Crippen LogP contribution < -0.4 is 5.32 Å². The van der Waals surface area contributed by atoms with Gasteiger partial charge < -0.3 is 20.5 Å². The maximum atomic E-state index is 13.5. The number of carboxylic acid groups (broad SMARTS) is 2. The van der Waals surface area contributed by atoms with E-state index in [0.29, 0.717) is 0 Å². The van der Waals surface area contributed by atoms with Crippen LogP contribution in [-0.4, -0.2) is 44.3 Å². The second-order valence-corrected chi connectivity index (χ2v) is 9.93. The van der Waals surface area contributed by atoms with E-state index in [0.717, 1.165) is 27.7 Å². The number of benzene rings is 1. The van der Waals surface area contributed by atoms with E-state index in [-0.39, 0.29) is 30.9 Å². The molecule has 0 amide bonds. The van der Waals surface area contributed by atoms with Gasteiger partial charge in [-0.15, -0.1) is 0 Å². The van der Waals surface area contributed by atoms with Gasteiger partial charge in [-0.2, -0.15) is 13.2 Å². The smallest absolute Gasteiger partial charge is 0.403 e. The first kappa shape index (κ1) is 29.6. The summed E-state index contributed by atoms with van der Waals surface area (Å²) in [5.41, 5.74) is 2.57. The predicted octanol–water partition coefficient (Wildman–Crippen LogP) is 6.13. The minimum Gasteiger partial charge on any atom is -0.481 e. The maximum absolute atomic E-state index is 13.5. The molecule has 0 saturated carbocycles. The quantitative estimate of drug-likeness (QED) is 0.272. The van der Waals surface area contributed by atoms with Crippen molar-refractivity contribution < 1.29 is 33.0 Å². The largest absolute Gasteiger partial charge is 0.481 e. The molecular formula is C29H32F3N3O4. The zero-order valence-corrected chi connectivity index (χ0v) is 21.9. The lowest BCUT2D eigenvalue weighted by Gasteiger charge is -2.25. The molecule has 1 aromatic carbocycles. The first-order chi connectivity index (χ1) is 18.3. The van der Waals surface area contributed by atoms with Gasteiger partial charge in [-0.05, 0) is 55.9 Å². The summed E-state index contributed by atoms with van der Waals surface area (Å²) < 4.78 is 40.5. The minimum atomic E-state index is -4.31. The predicted molar refractivity (Wildman–Crippen MR) is 142 cm³/mol. The Balaban J connectivity index is 0.000000272. The summed E-state index contributed by atoms with van der Waals surface area (Å²) in [7, 11) is 0. The summed E-state index contributed by atoms with van der Waals surface area (Å²) in [6, 6.07) is 9.71. The molecule has 0 saturated heterocycles. The third kappa shape index (κ3) is 7.57. The first-order valence-electron chi connectivity index (χ1n) is 12.4. The molecule has 2 aromatic heterocycles. The number of allylic oxidation sites excluding steroid dienone is 2. The lowest BCUT2D eigenvalue weighted by atomic mass is 9.80. The number of para-hydroxylation sites is 1. The molecule has 1 aliphatic rings. The number of H-pyrrole nitrogens is 1. The van der Waals surface area contributed by atoms with Crippen LogP contribution in [0.15, 0.2) is 72.6 Å². The van der Waals surface area contributed by atoms with E-state index in [1.54, 1.807) is 25.4 Å². The number of hydrogen-bond acceptors (Lipinski definition) is 4. The minimum absolute atomic E-state index is 0.0333. The summed E-state index contributed by atoms with van der Waals surface area (Å²) in [6.45, 7) is 5.37. The van der Waals surface area contributed by atoms with Gasteiger partial charge in [-0.25, -0.2) is 4.79 Å². The van der Waals surface area contributed by atoms with E-state index >= 15 is 0 Å². The standard InChI is InChI=1S/C20H22F3N3.C9H10O4/c1-13(15-6-5-9-24-11-15)10-19(20(21,22)23)25-12-18-14(2)16-7-3-4-8-17(16)26-18;1-9(8(12)13)4-2-3-6(5-9)7(10)11/h3-9,11,13,19,25-26H,10,12H2,1-2H3;2-4H,5H2,1H3,(H,10,11)(H,12,13). The molecule has 10 heteroatoms. The van der Waals surface area contributed by atoms with Crippen LogP contribution >= 0.6 is 0 Å². The van der Waals surface area contributed by atoms with Gasteiger partial charge in [0.15, 0.2) is 0 Å². The number of rotatable bonds is 8. The average molecular weight is 544 g/mol. The van der Waals surface area contributed by atoms with Crippen LogP contribution in [0.3, 0.4) is 0 Å². The number of hydrogen-bond donors (Lipinski definition) is 4. The number of carboxylic acids is 2. The molecule has 3 atom stereocenters. The van der Waals surface area contributed by atoms with Crippen molar-refractivity contribution in [1.29, 1.82) is 0 Å². The summed E-state index contributed by atoms with van der Waals surface area (Å²) in [5.74, 6) is -2.31. The van der Waals surface area contributed by atoms with Gasteiger partial charge in [0.05, 0.1) is 5.41 Å². The molecule has 208 valence electrons. The van der Waals surface area contributed by atoms with Crippen LogP contribution in [-0.2, 0) is 16.1 Å². The zero-order valence-electron chi connectivity index (χ0n) is 21.9. The molecule has 0 aliphatic heterocycles. The van der Waals surface area contributed by atoms with Crippen LogP contribution in [0.2, 0.25) is 0 Å². The van der Waals surface area contributed by atoms with Gasteiger partial charge in [-0.3, -0.25) is 9.78 Å². The van der Waals surface area contributed by atoms with Crippen LogP contribution in [0, 0.1) is 12.3 Å². The average Bonchev–Trinajstić information content (AvgIpc) is 3.22. The zero-order chi connectivity index (χ0) is 28.8. The fourth-order valence-electron chi connectivity index (χ4n) is 4.41. The third-order valence-corrected chi connectivity index (χ3v) is 6.91. The molecule has 3 unspecified atom stereocenters. The lowest BCUT2D eigenvalue weighted by Crippen LogP contribution is -2.42. The van der Waals surface area contributed by atoms with Crippen LogP contribution in [0.4, 0.5) is 13.2 Å². The third-order valence-electron chi connectivity index (χ3n) is 6.91. The number of aromatic amines is 1. The number of aromatic nitrogens is 2. The van der Waals surface area contributed by atoms with Gasteiger partial charge in [0.2, 0.25) is 0 Å². The Labute approximate surface area is 224 Å². The molecule has 4 N–H and O–H groups in total. The Morgan fingerprint density at radius 2 is 1.90 bits per heavy atom. The van der Waals surface area contributed by atoms with E-state index in [1.807, 2.05) is 37.3 Å². The summed E-state index contributed by atoms with van der Waals surface area (Å²) >= 11 is 0. The number of carbonyl (C=O) groups is 2. The Kier molecular flexibility index (Phi) is 9.34. The fourth-order valence-corrected chi connectivity index (χ4v) is 4.41. The SMILES string of the molecule is CC1(C(=O)O)C=CC=C(C(=O)O)C1.Cc1c(CNC(CC(C)c2cccnc2)C(F)(F)F)[nH]c2ccccc12. The second-order valence-electron chi connectivity index (χ2n) is 9.93. The first-order valence-corrected chi connectivity index (χ1v) is 12.4. The topological polar surface area (TPSA) is 115 Å². The molecule has 3 aromatic rings. The molecule has 39 heavy (non-hydrogen) atoms. The summed E-state index contributed by atoms with van der Waals surface area (Å²) in [5, 5.41) is 21.2. The van der Waals surface area contributed by atoms with Gasteiger partial charge in [0, 0.05) is 41.1 Å². The summed E-state index contributed by atoms with van der Waals surface area (Å²) in [4.78, 5) is 28.6. The molecule has 7 nitrogen and oxygen atoms in total. The number of nitrogens with one attached hydrogen (secondary N) is 2. The highest BCUT2D eigenvalue weighted by Crippen LogP contribution is 2.32. The van der Waals surface area contributed by atoms with Gasteiger partial charge in [0.25, 0.3) is 0 Å². The van der Waals surface area contributed by atoms with E-state index in [9.17, 15) is 22.8 Å². The van der Waals surface area contributed by atoms with Crippen LogP contribution in [0.1, 0.15) is 49.4 Å². The highest BCUT2D eigenvalue weighted by molar-refractivity contribution is 5.90. The Bertz CT molecular complexity index is 1370. The number of pyridine rings is 1. The Morgan fingerprint density at radius 3 is 2.49 bits per heavy atom. The van der Waals surface area contributed by atoms with Crippen molar-refractivity contribution in [2.75, 3.05) is 0 Å². The van der Waals surface area contributed by atoms with Crippen molar-refractivity contribution in [2.45, 2.75) is 58.3 Å². The second kappa shape index (κ2) is 12.3. The van der Waals surface area contributed by atoms with Crippen LogP contribution in [0.25, 0.3) is 10.9 Å². The van der Waals surface area contributed by atoms with Gasteiger partial charge >= 0.3 is 18.1 Å². The maximum Gasteiger partial charge on any atom is 0.403 e. The molecule has 1 aliphatic carbocycles. The van der Waals surface area contributed by atoms with E-state index in [4.69, 9.17) is 10.2 Å². The lowest BCUT2D eigenvalue weighted by molar-refractivity contribution is -0.158. The number of halogens is 3. The number of aryl methyl sites for hydroxylation is 1. The molecule has 2 heterocycles. The Hall–Kier alpha value is -3.92. The number of alkyl halides is 3. The van der Waals surface area contributed by atoms with E-state index in [2.05, 4.69) is 15.3 Å². The Morgan fingerprint density at radius 1 is 1.18 bits per heavy atom. The van der Waals surface area contributed by atoms with Crippen molar-refractivity contribution in [3.05, 3.63) is 89.4 Å². The fraction of sp³-hybridized carbons (Fsp3) is 0.345. The van der Waals surface area contributed by atoms with Crippen molar-refractivity contribution >= 4 is 22.8 Å². The van der Waals surface area contributed by atoms with Crippen molar-refractivity contribution in [3.63, 3.8) is 0 Å². The molecular weight excluding hydrogens is 511 g/mol. The normalized spacial score (nSPS) is 18.6. The molecule has 0 radical (unpaired) electrons. The molecule has 0 fully saturated rings. The molecule has 0 bridgehead atoms. The monoisotopic (exact) mass is 543 g/mol. The van der Waals surface area contributed by atoms with Crippen LogP contribution in [0.5, 0.6) is 0 Å². The number of nitrogens with zero attached hydrogens (tertiary/aromatic N) is 1. The number of aliphatic carboxylic acids is 2. The highest BCUT2D eigenvalue weighted by Gasteiger charge is 2.40. The number of fused-ring (bicyclic) bond motifs is 1. The van der Waals surface area contributed by atoms with Crippen molar-refractivity contribution in [2.24, 2.45) is 5.41 Å². The van der Waals surface area contributed by atoms with E-state index < -0.39 is 29.6 Å². The van der Waals surface area contributed by atoms with Gasteiger partial charge in [0.1, 0.15) is 6.04 Å². The summed E-state index contributed by atoms with van der Waals surface area (Å²) in [6.07, 6.45) is 3.34. The molecule has 4 rings (SSSR count). The molecule has 0 spiro atoms. The van der Waals surface area contributed by atoms with Crippen molar-refractivity contribution in [1.82, 2.24) is 15.3 Å². The van der Waals surface area contributed by atoms with E-state index in [1.165, 1.54) is 25.2 Å². The van der Waals surface area contributed by atoms with Crippen molar-refractivity contribution in [3.8, 4) is 0 Å².